The summed E-state index contributed by atoms with van der Waals surface area (Å²) in [4.78, 5) is 14.8. The molecule has 76 valence electrons. The summed E-state index contributed by atoms with van der Waals surface area (Å²) >= 11 is 0. The topological polar surface area (TPSA) is 32.9 Å². The second kappa shape index (κ2) is 2.69. The van der Waals surface area contributed by atoms with Gasteiger partial charge in [-0.2, -0.15) is 0 Å². The van der Waals surface area contributed by atoms with Gasteiger partial charge in [-0.1, -0.05) is 0 Å². The number of ketones is 1. The van der Waals surface area contributed by atoms with Crippen LogP contribution in [0.4, 0.5) is 4.39 Å². The lowest BCUT2D eigenvalue weighted by Gasteiger charge is -2.06. The van der Waals surface area contributed by atoms with E-state index in [1.54, 1.807) is 13.1 Å². The number of hydrogen-bond donors (Lipinski definition) is 1. The number of hydrogen-bond acceptors (Lipinski definition) is 1. The molecule has 0 spiro atoms. The third kappa shape index (κ3) is 1.11. The fraction of sp³-hybridized carbons (Fsp3) is 0.545. The number of rotatable bonds is 2. The lowest BCUT2D eigenvalue weighted by molar-refractivity contribution is 0.0888. The first kappa shape index (κ1) is 9.44. The molecule has 14 heavy (non-hydrogen) atoms. The van der Waals surface area contributed by atoms with E-state index in [9.17, 15) is 9.18 Å². The average Bonchev–Trinajstić information content (AvgIpc) is 2.61. The van der Waals surface area contributed by atoms with Crippen molar-refractivity contribution < 1.29 is 9.18 Å². The summed E-state index contributed by atoms with van der Waals surface area (Å²) in [5, 5.41) is 0. The van der Waals surface area contributed by atoms with E-state index in [4.69, 9.17) is 0 Å². The molecule has 0 aliphatic heterocycles. The number of halogens is 1. The van der Waals surface area contributed by atoms with Crippen LogP contribution in [0, 0.1) is 19.3 Å². The highest BCUT2D eigenvalue weighted by Crippen LogP contribution is 2.50. The van der Waals surface area contributed by atoms with Gasteiger partial charge >= 0.3 is 0 Å². The molecule has 0 amide bonds. The van der Waals surface area contributed by atoms with Crippen LogP contribution in [0.1, 0.15) is 35.0 Å². The SMILES string of the molecule is Cc1c[nH]c(C(=O)C2(C)CC2F)c1C. The smallest absolute Gasteiger partial charge is 0.188 e. The van der Waals surface area contributed by atoms with Crippen LogP contribution in [-0.4, -0.2) is 16.9 Å². The van der Waals surface area contributed by atoms with E-state index in [2.05, 4.69) is 4.98 Å². The first-order valence-electron chi connectivity index (χ1n) is 4.80. The Bertz CT molecular complexity index is 396. The Hall–Kier alpha value is -1.12. The fourth-order valence-electron chi connectivity index (χ4n) is 1.66. The van der Waals surface area contributed by atoms with Crippen molar-refractivity contribution in [2.45, 2.75) is 33.4 Å². The summed E-state index contributed by atoms with van der Waals surface area (Å²) in [6.07, 6.45) is 1.20. The Morgan fingerprint density at radius 2 is 2.21 bits per heavy atom. The van der Waals surface area contributed by atoms with Crippen LogP contribution in [0.25, 0.3) is 0 Å². The van der Waals surface area contributed by atoms with Crippen molar-refractivity contribution in [3.63, 3.8) is 0 Å². The van der Waals surface area contributed by atoms with Gasteiger partial charge in [-0.15, -0.1) is 0 Å². The highest BCUT2D eigenvalue weighted by Gasteiger charge is 2.57. The maximum atomic E-state index is 13.0. The maximum absolute atomic E-state index is 13.0. The van der Waals surface area contributed by atoms with Gasteiger partial charge in [0.2, 0.25) is 0 Å². The monoisotopic (exact) mass is 195 g/mol. The van der Waals surface area contributed by atoms with Gasteiger partial charge in [-0.05, 0) is 38.3 Å². The van der Waals surface area contributed by atoms with Crippen molar-refractivity contribution in [1.82, 2.24) is 4.98 Å². The standard InChI is InChI=1S/C11H14FNO/c1-6-5-13-9(7(6)2)10(14)11(3)4-8(11)12/h5,8,13H,4H2,1-3H3. The van der Waals surface area contributed by atoms with Crippen molar-refractivity contribution in [2.24, 2.45) is 5.41 Å². The summed E-state index contributed by atoms with van der Waals surface area (Å²) in [5.41, 5.74) is 1.80. The molecule has 0 saturated heterocycles. The summed E-state index contributed by atoms with van der Waals surface area (Å²) in [5.74, 6) is -0.0874. The van der Waals surface area contributed by atoms with Gasteiger partial charge in [-0.25, -0.2) is 4.39 Å². The molecule has 0 radical (unpaired) electrons. The van der Waals surface area contributed by atoms with Gasteiger partial charge in [0.05, 0.1) is 11.1 Å². The summed E-state index contributed by atoms with van der Waals surface area (Å²) < 4.78 is 13.0. The summed E-state index contributed by atoms with van der Waals surface area (Å²) in [6.45, 7) is 5.51. The van der Waals surface area contributed by atoms with Crippen molar-refractivity contribution in [2.75, 3.05) is 0 Å². The van der Waals surface area contributed by atoms with Crippen molar-refractivity contribution in [3.8, 4) is 0 Å². The minimum absolute atomic E-state index is 0.0874. The molecule has 1 aromatic heterocycles. The molecule has 1 aliphatic rings. The van der Waals surface area contributed by atoms with Crippen molar-refractivity contribution in [1.29, 1.82) is 0 Å². The second-order valence-corrected chi connectivity index (χ2v) is 4.39. The summed E-state index contributed by atoms with van der Waals surface area (Å²) in [6, 6.07) is 0. The predicted octanol–water partition coefficient (Wildman–Crippen LogP) is 2.56. The minimum Gasteiger partial charge on any atom is -0.358 e. The van der Waals surface area contributed by atoms with E-state index >= 15 is 0 Å². The molecule has 1 saturated carbocycles. The molecular formula is C11H14FNO. The number of Topliss-reactive ketones (excluding diaryl/α,β-unsaturated/α-hetero) is 1. The minimum atomic E-state index is -0.960. The number of aromatic nitrogens is 1. The average molecular weight is 195 g/mol. The Morgan fingerprint density at radius 3 is 2.57 bits per heavy atom. The molecule has 1 heterocycles. The van der Waals surface area contributed by atoms with Gasteiger partial charge in [0.15, 0.2) is 5.78 Å². The number of carbonyl (C=O) groups excluding carboxylic acids is 1. The molecule has 1 fully saturated rings. The van der Waals surface area contributed by atoms with Crippen molar-refractivity contribution >= 4 is 5.78 Å². The van der Waals surface area contributed by atoms with Crippen molar-refractivity contribution in [3.05, 3.63) is 23.0 Å². The van der Waals surface area contributed by atoms with Crippen LogP contribution in [0.5, 0.6) is 0 Å². The number of aryl methyl sites for hydroxylation is 1. The first-order valence-corrected chi connectivity index (χ1v) is 4.80. The maximum Gasteiger partial charge on any atom is 0.188 e. The van der Waals surface area contributed by atoms with Crippen LogP contribution in [0.15, 0.2) is 6.20 Å². The van der Waals surface area contributed by atoms with Crippen LogP contribution < -0.4 is 0 Å². The fourth-order valence-corrected chi connectivity index (χ4v) is 1.66. The molecule has 1 N–H and O–H groups in total. The molecule has 1 aromatic rings. The molecule has 2 atom stereocenters. The van der Waals surface area contributed by atoms with Gasteiger partial charge in [0.1, 0.15) is 6.17 Å². The Balaban J connectivity index is 2.33. The highest BCUT2D eigenvalue weighted by atomic mass is 19.1. The summed E-state index contributed by atoms with van der Waals surface area (Å²) in [7, 11) is 0. The van der Waals surface area contributed by atoms with Crippen LogP contribution in [-0.2, 0) is 0 Å². The predicted molar refractivity (Wildman–Crippen MR) is 52.2 cm³/mol. The normalized spacial score (nSPS) is 30.4. The largest absolute Gasteiger partial charge is 0.358 e. The zero-order valence-corrected chi connectivity index (χ0v) is 8.65. The number of aromatic amines is 1. The number of nitrogens with one attached hydrogen (secondary N) is 1. The van der Waals surface area contributed by atoms with E-state index in [1.807, 2.05) is 13.8 Å². The molecule has 2 nitrogen and oxygen atoms in total. The van der Waals surface area contributed by atoms with E-state index in [-0.39, 0.29) is 5.78 Å². The molecule has 3 heteroatoms. The van der Waals surface area contributed by atoms with Gasteiger partial charge < -0.3 is 4.98 Å². The van der Waals surface area contributed by atoms with Gasteiger partial charge in [0.25, 0.3) is 0 Å². The number of alkyl halides is 1. The molecule has 1 aliphatic carbocycles. The Labute approximate surface area is 82.5 Å². The Morgan fingerprint density at radius 1 is 1.64 bits per heavy atom. The van der Waals surface area contributed by atoms with E-state index < -0.39 is 11.6 Å². The molecule has 2 rings (SSSR count). The quantitative estimate of drug-likeness (QED) is 0.723. The first-order chi connectivity index (χ1) is 6.47. The van der Waals surface area contributed by atoms with E-state index in [1.165, 1.54) is 0 Å². The highest BCUT2D eigenvalue weighted by molar-refractivity contribution is 6.02. The molecule has 0 aromatic carbocycles. The van der Waals surface area contributed by atoms with Crippen LogP contribution in [0.2, 0.25) is 0 Å². The zero-order valence-electron chi connectivity index (χ0n) is 8.65. The Kier molecular flexibility index (Phi) is 1.81. The second-order valence-electron chi connectivity index (χ2n) is 4.39. The van der Waals surface area contributed by atoms with Crippen LogP contribution in [0.3, 0.4) is 0 Å². The van der Waals surface area contributed by atoms with Gasteiger partial charge in [-0.3, -0.25) is 4.79 Å². The third-order valence-electron chi connectivity index (χ3n) is 3.28. The van der Waals surface area contributed by atoms with Gasteiger partial charge in [0, 0.05) is 6.20 Å². The molecule has 0 bridgehead atoms. The number of H-pyrrole nitrogens is 1. The lowest BCUT2D eigenvalue weighted by Crippen LogP contribution is -2.16. The molecule has 2 unspecified atom stereocenters. The van der Waals surface area contributed by atoms with Crippen LogP contribution >= 0.6 is 0 Å². The third-order valence-corrected chi connectivity index (χ3v) is 3.28. The lowest BCUT2D eigenvalue weighted by atomic mass is 9.98. The van der Waals surface area contributed by atoms with E-state index in [0.717, 1.165) is 11.1 Å². The van der Waals surface area contributed by atoms with E-state index in [0.29, 0.717) is 12.1 Å². The zero-order chi connectivity index (χ0) is 10.5. The molecular weight excluding hydrogens is 181 g/mol. The number of carbonyl (C=O) groups is 1.